The highest BCUT2D eigenvalue weighted by atomic mass is 16.2. The average molecular weight is 397 g/mol. The molecule has 6 nitrogen and oxygen atoms in total. The summed E-state index contributed by atoms with van der Waals surface area (Å²) in [5.74, 6) is -0.262. The highest BCUT2D eigenvalue weighted by Crippen LogP contribution is 2.17. The summed E-state index contributed by atoms with van der Waals surface area (Å²) in [6.45, 7) is 9.53. The predicted molar refractivity (Wildman–Crippen MR) is 114 cm³/mol. The average Bonchev–Trinajstić information content (AvgIpc) is 2.72. The number of anilines is 1. The molecule has 0 radical (unpaired) electrons. The zero-order chi connectivity index (χ0) is 20.6. The lowest BCUT2D eigenvalue weighted by Gasteiger charge is -2.29. The number of amides is 2. The highest BCUT2D eigenvalue weighted by molar-refractivity contribution is 5.95. The minimum Gasteiger partial charge on any atom is -0.342 e. The minimum atomic E-state index is -0.195. The van der Waals surface area contributed by atoms with Crippen molar-refractivity contribution in [3.63, 3.8) is 0 Å². The molecule has 0 atom stereocenters. The van der Waals surface area contributed by atoms with Crippen molar-refractivity contribution < 1.29 is 19.4 Å². The Morgan fingerprint density at radius 1 is 0.862 bits per heavy atom. The van der Waals surface area contributed by atoms with Gasteiger partial charge in [-0.05, 0) is 31.0 Å². The van der Waals surface area contributed by atoms with E-state index in [0.29, 0.717) is 6.54 Å². The first-order valence-electron chi connectivity index (χ1n) is 10.3. The van der Waals surface area contributed by atoms with Gasteiger partial charge in [-0.2, -0.15) is 0 Å². The van der Waals surface area contributed by atoms with Crippen LogP contribution in [0.15, 0.2) is 48.5 Å². The third kappa shape index (κ3) is 6.41. The fourth-order valence-corrected chi connectivity index (χ4v) is 3.74. The number of quaternary nitrogens is 2. The fourth-order valence-electron chi connectivity index (χ4n) is 3.74. The Labute approximate surface area is 172 Å². The normalized spacial score (nSPS) is 18.8. The Hall–Kier alpha value is -2.70. The molecule has 2 aromatic carbocycles. The van der Waals surface area contributed by atoms with Crippen molar-refractivity contribution in [2.45, 2.75) is 20.4 Å². The quantitative estimate of drug-likeness (QED) is 0.502. The van der Waals surface area contributed by atoms with Crippen molar-refractivity contribution in [3.05, 3.63) is 65.2 Å². The largest absolute Gasteiger partial charge is 0.342 e. The second-order valence-corrected chi connectivity index (χ2v) is 7.91. The number of rotatable bonds is 7. The van der Waals surface area contributed by atoms with Gasteiger partial charge in [-0.1, -0.05) is 42.5 Å². The number of hydrogen-bond donors (Lipinski definition) is 4. The van der Waals surface area contributed by atoms with E-state index >= 15 is 0 Å². The predicted octanol–water partition coefficient (Wildman–Crippen LogP) is -0.658. The van der Waals surface area contributed by atoms with E-state index in [2.05, 4.69) is 34.9 Å². The van der Waals surface area contributed by atoms with E-state index in [9.17, 15) is 9.59 Å². The SMILES string of the molecule is Cc1cccc(NC(=O)CNC(=O)C[NH+]2CC[NH+](Cc3ccccc3)CC2)c1C. The molecular formula is C23H32N4O2+2. The lowest BCUT2D eigenvalue weighted by Crippen LogP contribution is -3.28. The molecule has 154 valence electrons. The summed E-state index contributed by atoms with van der Waals surface area (Å²) in [5.41, 5.74) is 4.34. The molecule has 1 aliphatic heterocycles. The number of carbonyl (C=O) groups excluding carboxylic acids is 2. The van der Waals surface area contributed by atoms with Gasteiger partial charge in [0, 0.05) is 11.3 Å². The number of carbonyl (C=O) groups is 2. The van der Waals surface area contributed by atoms with Crippen LogP contribution in [0.1, 0.15) is 16.7 Å². The van der Waals surface area contributed by atoms with E-state index in [1.165, 1.54) is 10.5 Å². The van der Waals surface area contributed by atoms with Crippen LogP contribution in [0.2, 0.25) is 0 Å². The third-order valence-electron chi connectivity index (χ3n) is 5.70. The number of hydrogen-bond acceptors (Lipinski definition) is 2. The molecular weight excluding hydrogens is 364 g/mol. The molecule has 2 amide bonds. The summed E-state index contributed by atoms with van der Waals surface area (Å²) in [5, 5.41) is 5.63. The molecule has 0 saturated carbocycles. The molecule has 2 aromatic rings. The van der Waals surface area contributed by atoms with Crippen LogP contribution in [0.5, 0.6) is 0 Å². The summed E-state index contributed by atoms with van der Waals surface area (Å²) in [6, 6.07) is 16.3. The molecule has 6 heteroatoms. The van der Waals surface area contributed by atoms with Gasteiger partial charge in [0.25, 0.3) is 5.91 Å². The van der Waals surface area contributed by atoms with Crippen molar-refractivity contribution in [1.29, 1.82) is 0 Å². The van der Waals surface area contributed by atoms with E-state index in [1.807, 2.05) is 38.1 Å². The Bertz CT molecular complexity index is 830. The first kappa shape index (κ1) is 21.0. The Balaban J connectivity index is 1.36. The molecule has 1 heterocycles. The monoisotopic (exact) mass is 396 g/mol. The van der Waals surface area contributed by atoms with E-state index < -0.39 is 0 Å². The molecule has 0 aromatic heterocycles. The Morgan fingerprint density at radius 2 is 1.55 bits per heavy atom. The van der Waals surface area contributed by atoms with Crippen LogP contribution >= 0.6 is 0 Å². The van der Waals surface area contributed by atoms with Gasteiger partial charge in [0.15, 0.2) is 6.54 Å². The molecule has 1 saturated heterocycles. The smallest absolute Gasteiger partial charge is 0.275 e. The van der Waals surface area contributed by atoms with Crippen LogP contribution in [-0.2, 0) is 16.1 Å². The van der Waals surface area contributed by atoms with Gasteiger partial charge in [0.2, 0.25) is 5.91 Å². The van der Waals surface area contributed by atoms with Crippen LogP contribution in [0.4, 0.5) is 5.69 Å². The molecule has 3 rings (SSSR count). The molecule has 0 spiro atoms. The van der Waals surface area contributed by atoms with E-state index in [1.54, 1.807) is 4.90 Å². The van der Waals surface area contributed by atoms with Crippen LogP contribution < -0.4 is 20.4 Å². The zero-order valence-corrected chi connectivity index (χ0v) is 17.4. The third-order valence-corrected chi connectivity index (χ3v) is 5.70. The Kier molecular flexibility index (Phi) is 7.38. The van der Waals surface area contributed by atoms with Gasteiger partial charge in [-0.15, -0.1) is 0 Å². The molecule has 1 fully saturated rings. The fraction of sp³-hybridized carbons (Fsp3) is 0.391. The summed E-state index contributed by atoms with van der Waals surface area (Å²) in [7, 11) is 0. The van der Waals surface area contributed by atoms with Crippen molar-refractivity contribution >= 4 is 17.5 Å². The van der Waals surface area contributed by atoms with Gasteiger partial charge in [-0.25, -0.2) is 0 Å². The molecule has 0 unspecified atom stereocenters. The maximum atomic E-state index is 12.2. The lowest BCUT2D eigenvalue weighted by molar-refractivity contribution is -1.02. The van der Waals surface area contributed by atoms with E-state index in [4.69, 9.17) is 0 Å². The second kappa shape index (κ2) is 10.2. The molecule has 0 aliphatic carbocycles. The summed E-state index contributed by atoms with van der Waals surface area (Å²) in [4.78, 5) is 27.2. The topological polar surface area (TPSA) is 67.1 Å². The molecule has 29 heavy (non-hydrogen) atoms. The molecule has 1 aliphatic rings. The number of nitrogens with one attached hydrogen (secondary N) is 4. The maximum Gasteiger partial charge on any atom is 0.275 e. The summed E-state index contributed by atoms with van der Waals surface area (Å²) < 4.78 is 0. The maximum absolute atomic E-state index is 12.2. The summed E-state index contributed by atoms with van der Waals surface area (Å²) >= 11 is 0. The minimum absolute atomic E-state index is 0.00484. The van der Waals surface area contributed by atoms with Gasteiger partial charge >= 0.3 is 0 Å². The lowest BCUT2D eigenvalue weighted by atomic mass is 10.1. The van der Waals surface area contributed by atoms with Gasteiger partial charge in [0.1, 0.15) is 32.7 Å². The van der Waals surface area contributed by atoms with Crippen LogP contribution in [0.3, 0.4) is 0 Å². The standard InChI is InChI=1S/C23H30N4O2/c1-18-7-6-10-21(19(18)2)25-22(28)15-24-23(29)17-27-13-11-26(12-14-27)16-20-8-4-3-5-9-20/h3-10H,11-17H2,1-2H3,(H,24,29)(H,25,28)/p+2. The Morgan fingerprint density at radius 3 is 2.28 bits per heavy atom. The van der Waals surface area contributed by atoms with Gasteiger partial charge < -0.3 is 20.4 Å². The highest BCUT2D eigenvalue weighted by Gasteiger charge is 2.24. The van der Waals surface area contributed by atoms with Crippen molar-refractivity contribution in [3.8, 4) is 0 Å². The van der Waals surface area contributed by atoms with Crippen molar-refractivity contribution in [1.82, 2.24) is 5.32 Å². The van der Waals surface area contributed by atoms with Gasteiger partial charge in [-0.3, -0.25) is 9.59 Å². The number of benzene rings is 2. The van der Waals surface area contributed by atoms with Crippen LogP contribution in [-0.4, -0.2) is 51.1 Å². The van der Waals surface area contributed by atoms with E-state index in [0.717, 1.165) is 49.5 Å². The van der Waals surface area contributed by atoms with Crippen molar-refractivity contribution in [2.24, 2.45) is 0 Å². The summed E-state index contributed by atoms with van der Waals surface area (Å²) in [6.07, 6.45) is 0. The first-order chi connectivity index (χ1) is 14.0. The van der Waals surface area contributed by atoms with Gasteiger partial charge in [0.05, 0.1) is 6.54 Å². The number of aryl methyl sites for hydroxylation is 1. The molecule has 0 bridgehead atoms. The molecule has 4 N–H and O–H groups in total. The van der Waals surface area contributed by atoms with Crippen molar-refractivity contribution in [2.75, 3.05) is 44.6 Å². The first-order valence-corrected chi connectivity index (χ1v) is 10.3. The van der Waals surface area contributed by atoms with Crippen LogP contribution in [0, 0.1) is 13.8 Å². The van der Waals surface area contributed by atoms with Crippen LogP contribution in [0.25, 0.3) is 0 Å². The second-order valence-electron chi connectivity index (χ2n) is 7.91. The number of piperazine rings is 1. The zero-order valence-electron chi connectivity index (χ0n) is 17.4. The van der Waals surface area contributed by atoms with E-state index in [-0.39, 0.29) is 18.4 Å².